The summed E-state index contributed by atoms with van der Waals surface area (Å²) >= 11 is 0. The fourth-order valence-corrected chi connectivity index (χ4v) is 4.89. The molecule has 3 aliphatic carbocycles. The fraction of sp³-hybridized carbons (Fsp3) is 1.00. The van der Waals surface area contributed by atoms with Gasteiger partial charge >= 0.3 is 0 Å². The molecule has 0 saturated heterocycles. The third kappa shape index (κ3) is 0.592. The highest BCUT2D eigenvalue weighted by Gasteiger charge is 2.64. The molecule has 0 bridgehead atoms. The van der Waals surface area contributed by atoms with E-state index in [1.807, 2.05) is 0 Å². The van der Waals surface area contributed by atoms with Crippen molar-refractivity contribution in [1.82, 2.24) is 0 Å². The molecule has 3 aliphatic rings. The van der Waals surface area contributed by atoms with Gasteiger partial charge in [0.15, 0.2) is 0 Å². The highest BCUT2D eigenvalue weighted by atomic mass is 14.7. The first-order valence-electron chi connectivity index (χ1n) is 5.75. The van der Waals surface area contributed by atoms with E-state index in [9.17, 15) is 0 Å². The normalized spacial score (nSPS) is 62.5. The molecule has 1 spiro atoms. The van der Waals surface area contributed by atoms with Crippen LogP contribution in [0.2, 0.25) is 0 Å². The van der Waals surface area contributed by atoms with Gasteiger partial charge in [-0.1, -0.05) is 20.3 Å². The summed E-state index contributed by atoms with van der Waals surface area (Å²) in [6.07, 6.45) is 7.79. The molecule has 0 aromatic heterocycles. The Morgan fingerprint density at radius 2 is 2.00 bits per heavy atom. The second kappa shape index (κ2) is 2.08. The summed E-state index contributed by atoms with van der Waals surface area (Å²) in [5, 5.41) is 0. The maximum absolute atomic E-state index is 2.50. The van der Waals surface area contributed by atoms with Gasteiger partial charge in [0.25, 0.3) is 0 Å². The van der Waals surface area contributed by atoms with Crippen molar-refractivity contribution in [3.63, 3.8) is 0 Å². The molecule has 5 atom stereocenters. The monoisotopic (exact) mass is 164 g/mol. The Kier molecular flexibility index (Phi) is 1.28. The minimum Gasteiger partial charge on any atom is -0.0622 e. The third-order valence-corrected chi connectivity index (χ3v) is 5.44. The molecular formula is C12H20. The Balaban J connectivity index is 1.88. The molecule has 3 fully saturated rings. The zero-order valence-electron chi connectivity index (χ0n) is 8.34. The van der Waals surface area contributed by atoms with Crippen LogP contribution in [0, 0.1) is 29.1 Å². The van der Waals surface area contributed by atoms with Gasteiger partial charge < -0.3 is 0 Å². The molecule has 3 rings (SSSR count). The van der Waals surface area contributed by atoms with Gasteiger partial charge in [-0.2, -0.15) is 0 Å². The van der Waals surface area contributed by atoms with Crippen molar-refractivity contribution in [3.05, 3.63) is 0 Å². The van der Waals surface area contributed by atoms with Crippen LogP contribution in [0.3, 0.4) is 0 Å². The lowest BCUT2D eigenvalue weighted by Gasteiger charge is -2.71. The van der Waals surface area contributed by atoms with Crippen molar-refractivity contribution >= 4 is 0 Å². The molecule has 0 N–H and O–H groups in total. The Labute approximate surface area is 75.7 Å². The Morgan fingerprint density at radius 1 is 1.17 bits per heavy atom. The number of hydrogen-bond acceptors (Lipinski definition) is 0. The fourth-order valence-electron chi connectivity index (χ4n) is 4.89. The highest BCUT2D eigenvalue weighted by molar-refractivity contribution is 5.13. The Hall–Kier alpha value is 0. The van der Waals surface area contributed by atoms with Crippen LogP contribution in [-0.4, -0.2) is 0 Å². The lowest BCUT2D eigenvalue weighted by atomic mass is 9.34. The van der Waals surface area contributed by atoms with Gasteiger partial charge in [0.2, 0.25) is 0 Å². The summed E-state index contributed by atoms with van der Waals surface area (Å²) in [4.78, 5) is 0. The molecule has 5 unspecified atom stereocenters. The summed E-state index contributed by atoms with van der Waals surface area (Å²) in [6.45, 7) is 4.98. The van der Waals surface area contributed by atoms with Crippen molar-refractivity contribution in [2.75, 3.05) is 0 Å². The topological polar surface area (TPSA) is 0 Å². The molecular weight excluding hydrogens is 144 g/mol. The minimum absolute atomic E-state index is 0.887. The van der Waals surface area contributed by atoms with Crippen LogP contribution in [0.15, 0.2) is 0 Å². The minimum atomic E-state index is 0.887. The van der Waals surface area contributed by atoms with Crippen molar-refractivity contribution in [3.8, 4) is 0 Å². The van der Waals surface area contributed by atoms with E-state index in [4.69, 9.17) is 0 Å². The van der Waals surface area contributed by atoms with Crippen LogP contribution in [0.1, 0.15) is 46.0 Å². The van der Waals surface area contributed by atoms with Gasteiger partial charge in [0.1, 0.15) is 0 Å². The zero-order valence-corrected chi connectivity index (χ0v) is 8.34. The maximum Gasteiger partial charge on any atom is -0.0210 e. The third-order valence-electron chi connectivity index (χ3n) is 5.44. The van der Waals surface area contributed by atoms with Gasteiger partial charge in [-0.15, -0.1) is 0 Å². The first kappa shape index (κ1) is 7.41. The molecule has 3 saturated carbocycles. The molecule has 0 aromatic rings. The predicted molar refractivity (Wildman–Crippen MR) is 50.8 cm³/mol. The molecule has 0 heterocycles. The van der Waals surface area contributed by atoms with Gasteiger partial charge in [0.05, 0.1) is 0 Å². The summed E-state index contributed by atoms with van der Waals surface area (Å²) in [5.41, 5.74) is 0.887. The molecule has 68 valence electrons. The van der Waals surface area contributed by atoms with Crippen LogP contribution >= 0.6 is 0 Å². The summed E-state index contributed by atoms with van der Waals surface area (Å²) in [5.74, 6) is 4.43. The molecule has 0 heteroatoms. The van der Waals surface area contributed by atoms with Crippen molar-refractivity contribution < 1.29 is 0 Å². The van der Waals surface area contributed by atoms with E-state index < -0.39 is 0 Å². The van der Waals surface area contributed by atoms with E-state index in [1.54, 1.807) is 25.7 Å². The second-order valence-electron chi connectivity index (χ2n) is 5.66. The molecule has 12 heavy (non-hydrogen) atoms. The van der Waals surface area contributed by atoms with E-state index in [-0.39, 0.29) is 0 Å². The maximum atomic E-state index is 2.50. The van der Waals surface area contributed by atoms with Gasteiger partial charge in [-0.25, -0.2) is 0 Å². The standard InChI is InChI=1S/C12H20/c1-8-7-12-9(2)6-10(12)4-3-5-11(8)12/h8-11H,3-7H2,1-2H3. The number of rotatable bonds is 0. The average Bonchev–Trinajstić information content (AvgIpc) is 2.04. The van der Waals surface area contributed by atoms with Crippen molar-refractivity contribution in [1.29, 1.82) is 0 Å². The van der Waals surface area contributed by atoms with E-state index in [0.29, 0.717) is 0 Å². The summed E-state index contributed by atoms with van der Waals surface area (Å²) in [6, 6.07) is 0. The van der Waals surface area contributed by atoms with Crippen LogP contribution in [0.5, 0.6) is 0 Å². The average molecular weight is 164 g/mol. The van der Waals surface area contributed by atoms with E-state index in [2.05, 4.69) is 13.8 Å². The number of hydrogen-bond donors (Lipinski definition) is 0. The summed E-state index contributed by atoms with van der Waals surface area (Å²) in [7, 11) is 0. The van der Waals surface area contributed by atoms with Gasteiger partial charge in [0, 0.05) is 0 Å². The van der Waals surface area contributed by atoms with Crippen LogP contribution in [0.25, 0.3) is 0 Å². The van der Waals surface area contributed by atoms with Crippen molar-refractivity contribution in [2.24, 2.45) is 29.1 Å². The summed E-state index contributed by atoms with van der Waals surface area (Å²) < 4.78 is 0. The molecule has 0 amide bonds. The Morgan fingerprint density at radius 3 is 2.58 bits per heavy atom. The molecule has 0 aromatic carbocycles. The van der Waals surface area contributed by atoms with Gasteiger partial charge in [-0.3, -0.25) is 0 Å². The van der Waals surface area contributed by atoms with Crippen molar-refractivity contribution in [2.45, 2.75) is 46.0 Å². The second-order valence-corrected chi connectivity index (χ2v) is 5.66. The van der Waals surface area contributed by atoms with Crippen LogP contribution in [0.4, 0.5) is 0 Å². The zero-order chi connectivity index (χ0) is 8.34. The van der Waals surface area contributed by atoms with E-state index in [1.165, 1.54) is 6.42 Å². The predicted octanol–water partition coefficient (Wildman–Crippen LogP) is 3.47. The van der Waals surface area contributed by atoms with Crippen LogP contribution in [-0.2, 0) is 0 Å². The Bertz CT molecular complexity index is 206. The van der Waals surface area contributed by atoms with Gasteiger partial charge in [-0.05, 0) is 54.8 Å². The molecule has 0 radical (unpaired) electrons. The first-order valence-corrected chi connectivity index (χ1v) is 5.75. The highest BCUT2D eigenvalue weighted by Crippen LogP contribution is 2.72. The van der Waals surface area contributed by atoms with E-state index >= 15 is 0 Å². The molecule has 0 nitrogen and oxygen atoms in total. The lowest BCUT2D eigenvalue weighted by Crippen LogP contribution is -2.63. The largest absolute Gasteiger partial charge is 0.0622 e. The first-order chi connectivity index (χ1) is 5.75. The molecule has 0 aliphatic heterocycles. The lowest BCUT2D eigenvalue weighted by molar-refractivity contribution is -0.220. The quantitative estimate of drug-likeness (QED) is 0.514. The SMILES string of the molecule is CC1CC23C(C)CC2CCCC13. The smallest absolute Gasteiger partial charge is 0.0210 e. The van der Waals surface area contributed by atoms with Crippen LogP contribution < -0.4 is 0 Å². The van der Waals surface area contributed by atoms with E-state index in [0.717, 1.165) is 29.1 Å².